The number of aryl methyl sites for hydroxylation is 1. The van der Waals surface area contributed by atoms with Crippen LogP contribution in [0.25, 0.3) is 17.2 Å². The van der Waals surface area contributed by atoms with Gasteiger partial charge in [0.05, 0.1) is 25.3 Å². The van der Waals surface area contributed by atoms with Crippen LogP contribution in [0, 0.1) is 6.92 Å². The second kappa shape index (κ2) is 7.84. The van der Waals surface area contributed by atoms with E-state index in [4.69, 9.17) is 9.26 Å². The smallest absolute Gasteiger partial charge is 0.300 e. The predicted octanol–water partition coefficient (Wildman–Crippen LogP) is 2.19. The van der Waals surface area contributed by atoms with Crippen molar-refractivity contribution in [2.75, 3.05) is 31.2 Å². The molecule has 0 radical (unpaired) electrons. The van der Waals surface area contributed by atoms with E-state index in [0.717, 1.165) is 29.9 Å². The van der Waals surface area contributed by atoms with E-state index < -0.39 is 11.3 Å². The quantitative estimate of drug-likeness (QED) is 0.537. The van der Waals surface area contributed by atoms with Gasteiger partial charge in [0.2, 0.25) is 17.5 Å². The first-order chi connectivity index (χ1) is 15.1. The monoisotopic (exact) mass is 419 g/mol. The lowest BCUT2D eigenvalue weighted by atomic mass is 10.1. The van der Waals surface area contributed by atoms with E-state index in [1.54, 1.807) is 12.3 Å². The molecule has 1 fully saturated rings. The Hall–Kier alpha value is -3.72. The molecule has 0 unspecified atom stereocenters. The van der Waals surface area contributed by atoms with Gasteiger partial charge in [0.15, 0.2) is 5.69 Å². The summed E-state index contributed by atoms with van der Waals surface area (Å²) in [6.07, 6.45) is 2.13. The maximum Gasteiger partial charge on any atom is 0.300 e. The molecular weight excluding hydrogens is 398 g/mol. The number of pyridine rings is 1. The van der Waals surface area contributed by atoms with Crippen LogP contribution in [0.2, 0.25) is 0 Å². The molecule has 1 saturated heterocycles. The Morgan fingerprint density at radius 1 is 1.06 bits per heavy atom. The van der Waals surface area contributed by atoms with E-state index in [-0.39, 0.29) is 11.5 Å². The van der Waals surface area contributed by atoms with Crippen LogP contribution in [0.4, 0.5) is 5.69 Å². The molecule has 0 bridgehead atoms. The van der Waals surface area contributed by atoms with Crippen molar-refractivity contribution in [3.05, 3.63) is 70.0 Å². The molecule has 1 aliphatic rings. The predicted molar refractivity (Wildman–Crippen MR) is 113 cm³/mol. The maximum atomic E-state index is 12.8. The van der Waals surface area contributed by atoms with Gasteiger partial charge >= 0.3 is 5.56 Å². The number of aromatic hydroxyl groups is 1. The summed E-state index contributed by atoms with van der Waals surface area (Å²) < 4.78 is 12.0. The highest BCUT2D eigenvalue weighted by Gasteiger charge is 2.20. The molecule has 3 aromatic heterocycles. The fraction of sp³-hybridized carbons (Fsp3) is 0.273. The van der Waals surface area contributed by atoms with Crippen LogP contribution < -0.4 is 10.5 Å². The number of ether oxygens (including phenoxy) is 1. The highest BCUT2D eigenvalue weighted by Crippen LogP contribution is 2.24. The van der Waals surface area contributed by atoms with Crippen molar-refractivity contribution in [3.63, 3.8) is 0 Å². The van der Waals surface area contributed by atoms with E-state index in [2.05, 4.69) is 20.0 Å². The Morgan fingerprint density at radius 3 is 2.61 bits per heavy atom. The second-order valence-corrected chi connectivity index (χ2v) is 7.50. The molecule has 5 rings (SSSR count). The van der Waals surface area contributed by atoms with E-state index in [0.29, 0.717) is 31.2 Å². The third kappa shape index (κ3) is 3.75. The van der Waals surface area contributed by atoms with Gasteiger partial charge in [0.1, 0.15) is 5.65 Å². The first-order valence-electron chi connectivity index (χ1n) is 10.0. The van der Waals surface area contributed by atoms with Crippen molar-refractivity contribution in [3.8, 4) is 17.3 Å². The Kier molecular flexibility index (Phi) is 4.87. The number of nitrogens with zero attached hydrogens (tertiary/aromatic N) is 5. The van der Waals surface area contributed by atoms with Gasteiger partial charge in [-0.3, -0.25) is 9.20 Å². The normalized spacial score (nSPS) is 14.3. The number of fused-ring (bicyclic) bond motifs is 1. The molecule has 0 atom stereocenters. The minimum absolute atomic E-state index is 0.00280. The molecule has 1 aliphatic heterocycles. The van der Waals surface area contributed by atoms with E-state index >= 15 is 0 Å². The zero-order valence-corrected chi connectivity index (χ0v) is 17.0. The lowest BCUT2D eigenvalue weighted by Gasteiger charge is -2.28. The number of rotatable bonds is 4. The van der Waals surface area contributed by atoms with E-state index in [9.17, 15) is 9.90 Å². The van der Waals surface area contributed by atoms with Crippen LogP contribution in [0.1, 0.15) is 17.0 Å². The van der Waals surface area contributed by atoms with Gasteiger partial charge < -0.3 is 19.3 Å². The van der Waals surface area contributed by atoms with Crippen LogP contribution in [0.15, 0.2) is 51.9 Å². The maximum absolute atomic E-state index is 12.8. The molecular formula is C22H21N5O4. The Bertz CT molecular complexity index is 1290. The average molecular weight is 419 g/mol. The zero-order valence-electron chi connectivity index (χ0n) is 17.0. The molecule has 4 heterocycles. The molecule has 0 aliphatic carbocycles. The average Bonchev–Trinajstić information content (AvgIpc) is 3.26. The first-order valence-corrected chi connectivity index (χ1v) is 10.0. The fourth-order valence-corrected chi connectivity index (χ4v) is 3.59. The molecule has 158 valence electrons. The van der Waals surface area contributed by atoms with Gasteiger partial charge in [0, 0.05) is 19.3 Å². The molecule has 0 spiro atoms. The van der Waals surface area contributed by atoms with Gasteiger partial charge in [-0.05, 0) is 24.6 Å². The molecule has 1 aromatic carbocycles. The molecule has 9 heteroatoms. The number of morpholine rings is 1. The lowest BCUT2D eigenvalue weighted by Crippen LogP contribution is -2.36. The summed E-state index contributed by atoms with van der Waals surface area (Å²) in [7, 11) is 0. The zero-order chi connectivity index (χ0) is 21.4. The van der Waals surface area contributed by atoms with Crippen molar-refractivity contribution in [1.29, 1.82) is 0 Å². The third-order valence-electron chi connectivity index (χ3n) is 5.32. The van der Waals surface area contributed by atoms with Crippen molar-refractivity contribution < 1.29 is 14.4 Å². The highest BCUT2D eigenvalue weighted by atomic mass is 16.5. The molecule has 0 saturated carbocycles. The van der Waals surface area contributed by atoms with Crippen molar-refractivity contribution >= 4 is 11.3 Å². The molecule has 9 nitrogen and oxygen atoms in total. The standard InChI is InChI=1S/C22H21N5O4/c1-14-2-4-15(5-3-14)12-18-24-21(25-31-18)19-20(28)22(29)27-13-16(6-7-17(27)23-19)26-8-10-30-11-9-26/h2-7,13,28H,8-12H2,1H3. The van der Waals surface area contributed by atoms with Crippen molar-refractivity contribution in [2.45, 2.75) is 13.3 Å². The van der Waals surface area contributed by atoms with Crippen molar-refractivity contribution in [1.82, 2.24) is 19.5 Å². The number of aromatic nitrogens is 4. The number of benzene rings is 1. The van der Waals surface area contributed by atoms with Gasteiger partial charge in [-0.2, -0.15) is 4.98 Å². The summed E-state index contributed by atoms with van der Waals surface area (Å²) in [5, 5.41) is 14.4. The molecule has 1 N–H and O–H groups in total. The van der Waals surface area contributed by atoms with Crippen LogP contribution >= 0.6 is 0 Å². The molecule has 31 heavy (non-hydrogen) atoms. The highest BCUT2D eigenvalue weighted by molar-refractivity contribution is 5.63. The molecule has 0 amide bonds. The van der Waals surface area contributed by atoms with Crippen LogP contribution in [0.3, 0.4) is 0 Å². The van der Waals surface area contributed by atoms with Gasteiger partial charge in [-0.15, -0.1) is 0 Å². The van der Waals surface area contributed by atoms with Crippen LogP contribution in [0.5, 0.6) is 5.75 Å². The minimum Gasteiger partial charge on any atom is -0.501 e. The number of hydrogen-bond donors (Lipinski definition) is 1. The summed E-state index contributed by atoms with van der Waals surface area (Å²) >= 11 is 0. The van der Waals surface area contributed by atoms with Gasteiger partial charge in [0.25, 0.3) is 0 Å². The summed E-state index contributed by atoms with van der Waals surface area (Å²) in [5.41, 5.74) is 2.86. The largest absolute Gasteiger partial charge is 0.501 e. The third-order valence-corrected chi connectivity index (χ3v) is 5.32. The Balaban J connectivity index is 1.47. The summed E-state index contributed by atoms with van der Waals surface area (Å²) in [6, 6.07) is 11.6. The van der Waals surface area contributed by atoms with Gasteiger partial charge in [-0.1, -0.05) is 35.0 Å². The Morgan fingerprint density at radius 2 is 1.84 bits per heavy atom. The SMILES string of the molecule is Cc1ccc(Cc2nc(-c3nc4ccc(N5CCOCC5)cn4c(=O)c3O)no2)cc1. The van der Waals surface area contributed by atoms with Crippen molar-refractivity contribution in [2.24, 2.45) is 0 Å². The van der Waals surface area contributed by atoms with Gasteiger partial charge in [-0.25, -0.2) is 4.98 Å². The lowest BCUT2D eigenvalue weighted by molar-refractivity contribution is 0.122. The summed E-state index contributed by atoms with van der Waals surface area (Å²) in [4.78, 5) is 23.7. The topological polar surface area (TPSA) is 106 Å². The number of hydrogen-bond acceptors (Lipinski definition) is 8. The second-order valence-electron chi connectivity index (χ2n) is 7.50. The minimum atomic E-state index is -0.583. The van der Waals surface area contributed by atoms with Crippen LogP contribution in [-0.2, 0) is 11.2 Å². The number of anilines is 1. The first kappa shape index (κ1) is 19.3. The van der Waals surface area contributed by atoms with E-state index in [1.807, 2.05) is 37.3 Å². The Labute approximate surface area is 177 Å². The van der Waals surface area contributed by atoms with Crippen LogP contribution in [-0.4, -0.2) is 50.9 Å². The summed E-state index contributed by atoms with van der Waals surface area (Å²) in [6.45, 7) is 4.77. The van der Waals surface area contributed by atoms with E-state index in [1.165, 1.54) is 4.40 Å². The fourth-order valence-electron chi connectivity index (χ4n) is 3.59. The molecule has 4 aromatic rings. The summed E-state index contributed by atoms with van der Waals surface area (Å²) in [5.74, 6) is -0.0568.